The van der Waals surface area contributed by atoms with Crippen LogP contribution in [0.25, 0.3) is 0 Å². The van der Waals surface area contributed by atoms with Gasteiger partial charge < -0.3 is 19.3 Å². The zero-order valence-electron chi connectivity index (χ0n) is 16.9. The van der Waals surface area contributed by atoms with Crippen molar-refractivity contribution in [1.29, 1.82) is 0 Å². The molecule has 1 amide bonds. The lowest BCUT2D eigenvalue weighted by molar-refractivity contribution is 0.0786. The summed E-state index contributed by atoms with van der Waals surface area (Å²) in [4.78, 5) is 25.5. The minimum atomic E-state index is -0.000345. The van der Waals surface area contributed by atoms with Gasteiger partial charge in [0, 0.05) is 26.2 Å². The summed E-state index contributed by atoms with van der Waals surface area (Å²) in [5.74, 6) is 3.00. The Bertz CT molecular complexity index is 813. The summed E-state index contributed by atoms with van der Waals surface area (Å²) in [7, 11) is 1.66. The zero-order chi connectivity index (χ0) is 20.1. The van der Waals surface area contributed by atoms with Gasteiger partial charge in [-0.2, -0.15) is 0 Å². The van der Waals surface area contributed by atoms with E-state index in [2.05, 4.69) is 14.9 Å². The number of aromatic nitrogens is 2. The van der Waals surface area contributed by atoms with Gasteiger partial charge >= 0.3 is 0 Å². The number of ether oxygens (including phenoxy) is 2. The van der Waals surface area contributed by atoms with Gasteiger partial charge in [-0.1, -0.05) is 0 Å². The fraction of sp³-hybridized carbons (Fsp3) is 0.500. The summed E-state index contributed by atoms with van der Waals surface area (Å²) < 4.78 is 11.1. The van der Waals surface area contributed by atoms with Crippen LogP contribution in [-0.4, -0.2) is 60.7 Å². The van der Waals surface area contributed by atoms with Crippen LogP contribution in [0.1, 0.15) is 36.2 Å². The van der Waals surface area contributed by atoms with Gasteiger partial charge in [-0.25, -0.2) is 4.98 Å². The van der Waals surface area contributed by atoms with Gasteiger partial charge in [0.2, 0.25) is 0 Å². The van der Waals surface area contributed by atoms with Crippen molar-refractivity contribution >= 4 is 11.7 Å². The molecule has 2 aliphatic heterocycles. The van der Waals surface area contributed by atoms with E-state index in [1.165, 1.54) is 0 Å². The number of methoxy groups -OCH3 is 1. The predicted molar refractivity (Wildman–Crippen MR) is 111 cm³/mol. The lowest BCUT2D eigenvalue weighted by Crippen LogP contribution is -2.36. The summed E-state index contributed by atoms with van der Waals surface area (Å²) in [6.45, 7) is 4.15. The van der Waals surface area contributed by atoms with Crippen LogP contribution in [0.4, 0.5) is 5.82 Å². The van der Waals surface area contributed by atoms with Crippen molar-refractivity contribution in [2.75, 3.05) is 44.8 Å². The van der Waals surface area contributed by atoms with Crippen molar-refractivity contribution in [1.82, 2.24) is 14.9 Å². The molecular weight excluding hydrogens is 368 g/mol. The number of piperidine rings is 1. The van der Waals surface area contributed by atoms with Crippen molar-refractivity contribution in [3.63, 3.8) is 0 Å². The molecular formula is C22H28N4O3. The van der Waals surface area contributed by atoms with E-state index >= 15 is 0 Å². The Labute approximate surface area is 171 Å². The molecule has 2 aliphatic rings. The molecule has 2 saturated heterocycles. The lowest BCUT2D eigenvalue weighted by atomic mass is 9.98. The number of carbonyl (C=O) groups is 1. The highest BCUT2D eigenvalue weighted by atomic mass is 16.5. The molecule has 0 radical (unpaired) electrons. The number of hydrogen-bond donors (Lipinski definition) is 0. The number of carbonyl (C=O) groups excluding carboxylic acids is 1. The monoisotopic (exact) mass is 396 g/mol. The number of anilines is 1. The fourth-order valence-electron chi connectivity index (χ4n) is 3.91. The maximum atomic E-state index is 12.6. The Morgan fingerprint density at radius 2 is 1.72 bits per heavy atom. The number of benzene rings is 1. The normalized spacial score (nSPS) is 17.4. The van der Waals surface area contributed by atoms with Crippen LogP contribution in [-0.2, 0) is 0 Å². The van der Waals surface area contributed by atoms with Crippen LogP contribution in [0.3, 0.4) is 0 Å². The highest BCUT2D eigenvalue weighted by molar-refractivity contribution is 5.92. The first-order valence-electron chi connectivity index (χ1n) is 10.4. The average molecular weight is 396 g/mol. The van der Waals surface area contributed by atoms with Gasteiger partial charge in [0.25, 0.3) is 5.91 Å². The van der Waals surface area contributed by atoms with Crippen molar-refractivity contribution in [3.05, 3.63) is 42.4 Å². The molecule has 0 atom stereocenters. The third kappa shape index (κ3) is 4.78. The predicted octanol–water partition coefficient (Wildman–Crippen LogP) is 3.02. The standard InChI is InChI=1S/C22H28N4O3/c1-28-18-4-6-19(7-5-18)29-16-17-8-12-25(13-9-17)21-15-23-14-20(24-21)22(27)26-10-2-3-11-26/h4-7,14-15,17H,2-3,8-13,16H2,1H3. The third-order valence-electron chi connectivity index (χ3n) is 5.72. The van der Waals surface area contributed by atoms with E-state index < -0.39 is 0 Å². The smallest absolute Gasteiger partial charge is 0.274 e. The van der Waals surface area contributed by atoms with Gasteiger partial charge in [-0.3, -0.25) is 9.78 Å². The minimum absolute atomic E-state index is 0.000345. The van der Waals surface area contributed by atoms with Crippen LogP contribution < -0.4 is 14.4 Å². The molecule has 7 heteroatoms. The molecule has 3 heterocycles. The van der Waals surface area contributed by atoms with Gasteiger partial charge in [0.05, 0.1) is 26.1 Å². The van der Waals surface area contributed by atoms with Crippen molar-refractivity contribution in [2.24, 2.45) is 5.92 Å². The van der Waals surface area contributed by atoms with Crippen LogP contribution in [0.5, 0.6) is 11.5 Å². The molecule has 0 unspecified atom stereocenters. The Morgan fingerprint density at radius 1 is 1.03 bits per heavy atom. The molecule has 0 N–H and O–H groups in total. The number of nitrogens with zero attached hydrogens (tertiary/aromatic N) is 4. The molecule has 4 rings (SSSR count). The largest absolute Gasteiger partial charge is 0.497 e. The molecule has 29 heavy (non-hydrogen) atoms. The molecule has 0 saturated carbocycles. The Morgan fingerprint density at radius 3 is 2.41 bits per heavy atom. The van der Waals surface area contributed by atoms with Crippen LogP contribution in [0, 0.1) is 5.92 Å². The van der Waals surface area contributed by atoms with Crippen LogP contribution in [0.15, 0.2) is 36.7 Å². The Balaban J connectivity index is 1.29. The quantitative estimate of drug-likeness (QED) is 0.748. The maximum absolute atomic E-state index is 12.6. The first-order chi connectivity index (χ1) is 14.2. The summed E-state index contributed by atoms with van der Waals surface area (Å²) in [6, 6.07) is 7.69. The second-order valence-electron chi connectivity index (χ2n) is 7.68. The number of hydrogen-bond acceptors (Lipinski definition) is 6. The molecule has 1 aromatic heterocycles. The van der Waals surface area contributed by atoms with E-state index in [-0.39, 0.29) is 5.91 Å². The molecule has 1 aromatic carbocycles. The van der Waals surface area contributed by atoms with Gasteiger partial charge in [-0.15, -0.1) is 0 Å². The van der Waals surface area contributed by atoms with E-state index in [1.54, 1.807) is 19.5 Å². The summed E-state index contributed by atoms with van der Waals surface area (Å²) in [5, 5.41) is 0. The second-order valence-corrected chi connectivity index (χ2v) is 7.68. The lowest BCUT2D eigenvalue weighted by Gasteiger charge is -2.32. The summed E-state index contributed by atoms with van der Waals surface area (Å²) in [6.07, 6.45) is 7.55. The molecule has 2 fully saturated rings. The molecule has 0 aliphatic carbocycles. The van der Waals surface area contributed by atoms with Gasteiger partial charge in [0.1, 0.15) is 23.0 Å². The van der Waals surface area contributed by atoms with Gasteiger partial charge in [0.15, 0.2) is 0 Å². The molecule has 7 nitrogen and oxygen atoms in total. The van der Waals surface area contributed by atoms with Crippen LogP contribution in [0.2, 0.25) is 0 Å². The number of amides is 1. The Kier molecular flexibility index (Phi) is 6.12. The Hall–Kier alpha value is -2.83. The first-order valence-corrected chi connectivity index (χ1v) is 10.4. The first kappa shape index (κ1) is 19.5. The van der Waals surface area contributed by atoms with E-state index in [9.17, 15) is 4.79 Å². The van der Waals surface area contributed by atoms with Crippen molar-refractivity contribution in [2.45, 2.75) is 25.7 Å². The van der Waals surface area contributed by atoms with Gasteiger partial charge in [-0.05, 0) is 55.9 Å². The second kappa shape index (κ2) is 9.11. The summed E-state index contributed by atoms with van der Waals surface area (Å²) >= 11 is 0. The number of rotatable bonds is 6. The van der Waals surface area contributed by atoms with E-state index in [0.717, 1.165) is 69.2 Å². The van der Waals surface area contributed by atoms with Crippen molar-refractivity contribution in [3.8, 4) is 11.5 Å². The fourth-order valence-corrected chi connectivity index (χ4v) is 3.91. The maximum Gasteiger partial charge on any atom is 0.274 e. The highest BCUT2D eigenvalue weighted by Gasteiger charge is 2.24. The average Bonchev–Trinajstić information content (AvgIpc) is 3.33. The molecule has 0 bridgehead atoms. The van der Waals surface area contributed by atoms with Crippen LogP contribution >= 0.6 is 0 Å². The van der Waals surface area contributed by atoms with E-state index in [4.69, 9.17) is 9.47 Å². The minimum Gasteiger partial charge on any atom is -0.497 e. The molecule has 154 valence electrons. The molecule has 2 aromatic rings. The topological polar surface area (TPSA) is 67.8 Å². The zero-order valence-corrected chi connectivity index (χ0v) is 16.9. The van der Waals surface area contributed by atoms with E-state index in [0.29, 0.717) is 18.2 Å². The third-order valence-corrected chi connectivity index (χ3v) is 5.72. The molecule has 0 spiro atoms. The summed E-state index contributed by atoms with van der Waals surface area (Å²) in [5.41, 5.74) is 0.453. The van der Waals surface area contributed by atoms with E-state index in [1.807, 2.05) is 29.2 Å². The highest BCUT2D eigenvalue weighted by Crippen LogP contribution is 2.24. The SMILES string of the molecule is COc1ccc(OCC2CCN(c3cncc(C(=O)N4CCCC4)n3)CC2)cc1. The number of likely N-dealkylation sites (tertiary alicyclic amines) is 1. The van der Waals surface area contributed by atoms with Crippen molar-refractivity contribution < 1.29 is 14.3 Å².